The second-order valence-corrected chi connectivity index (χ2v) is 15.2. The predicted octanol–water partition coefficient (Wildman–Crippen LogP) is 16.4. The number of fused-ring (bicyclic) bond motifs is 5. The van der Waals surface area contributed by atoms with Gasteiger partial charge in [0, 0.05) is 16.9 Å². The zero-order chi connectivity index (χ0) is 39.1. The van der Waals surface area contributed by atoms with Gasteiger partial charge in [-0.15, -0.1) is 0 Å². The van der Waals surface area contributed by atoms with Crippen molar-refractivity contribution in [2.24, 2.45) is 0 Å². The van der Waals surface area contributed by atoms with Crippen LogP contribution in [0, 0.1) is 0 Å². The van der Waals surface area contributed by atoms with E-state index in [-0.39, 0.29) is 0 Å². The van der Waals surface area contributed by atoms with E-state index in [0.717, 1.165) is 17.1 Å². The fraction of sp³-hybridized carbons (Fsp3) is 0. The summed E-state index contributed by atoms with van der Waals surface area (Å²) >= 11 is 0. The van der Waals surface area contributed by atoms with Crippen LogP contribution >= 0.6 is 0 Å². The third kappa shape index (κ3) is 6.12. The third-order valence-corrected chi connectivity index (χ3v) is 11.8. The lowest BCUT2D eigenvalue weighted by molar-refractivity contribution is 1.28. The molecule has 0 amide bonds. The lowest BCUT2D eigenvalue weighted by Gasteiger charge is -2.29. The molecule has 0 aliphatic rings. The minimum Gasteiger partial charge on any atom is -0.310 e. The molecule has 0 aliphatic heterocycles. The Morgan fingerprint density at radius 1 is 0.237 bits per heavy atom. The van der Waals surface area contributed by atoms with Gasteiger partial charge in [-0.25, -0.2) is 0 Å². The average Bonchev–Trinajstić information content (AvgIpc) is 3.31. The van der Waals surface area contributed by atoms with Crippen LogP contribution in [0.25, 0.3) is 87.6 Å². The summed E-state index contributed by atoms with van der Waals surface area (Å²) in [5.74, 6) is 0. The summed E-state index contributed by atoms with van der Waals surface area (Å²) in [7, 11) is 0. The number of benzene rings is 11. The van der Waals surface area contributed by atoms with Gasteiger partial charge in [0.05, 0.1) is 5.69 Å². The second-order valence-electron chi connectivity index (χ2n) is 15.2. The predicted molar refractivity (Wildman–Crippen MR) is 253 cm³/mol. The van der Waals surface area contributed by atoms with Crippen LogP contribution in [0.5, 0.6) is 0 Å². The zero-order valence-electron chi connectivity index (χ0n) is 32.5. The maximum absolute atomic E-state index is 2.46. The van der Waals surface area contributed by atoms with Gasteiger partial charge in [-0.2, -0.15) is 0 Å². The Hall–Kier alpha value is -7.74. The van der Waals surface area contributed by atoms with E-state index in [9.17, 15) is 0 Å². The highest BCUT2D eigenvalue weighted by molar-refractivity contribution is 6.13. The van der Waals surface area contributed by atoms with Crippen molar-refractivity contribution in [2.75, 3.05) is 4.90 Å². The third-order valence-electron chi connectivity index (χ3n) is 11.8. The molecule has 0 heterocycles. The normalized spacial score (nSPS) is 11.4. The molecule has 0 radical (unpaired) electrons. The number of para-hydroxylation sites is 1. The van der Waals surface area contributed by atoms with E-state index in [1.165, 1.54) is 87.6 Å². The molecule has 0 aliphatic carbocycles. The van der Waals surface area contributed by atoms with Gasteiger partial charge < -0.3 is 4.90 Å². The van der Waals surface area contributed by atoms with E-state index >= 15 is 0 Å². The monoisotopic (exact) mass is 749 g/mol. The maximum Gasteiger partial charge on any atom is 0.0540 e. The van der Waals surface area contributed by atoms with Crippen LogP contribution in [-0.2, 0) is 0 Å². The zero-order valence-corrected chi connectivity index (χ0v) is 32.5. The topological polar surface area (TPSA) is 3.24 Å². The van der Waals surface area contributed by atoms with Crippen LogP contribution in [0.3, 0.4) is 0 Å². The smallest absolute Gasteiger partial charge is 0.0540 e. The highest BCUT2D eigenvalue weighted by atomic mass is 15.1. The Balaban J connectivity index is 1.15. The van der Waals surface area contributed by atoms with Gasteiger partial charge in [-0.1, -0.05) is 206 Å². The van der Waals surface area contributed by atoms with Gasteiger partial charge in [0.2, 0.25) is 0 Å². The molecule has 1 heteroatoms. The molecule has 1 nitrogen and oxygen atoms in total. The molecular weight excluding hydrogens is 711 g/mol. The molecule has 59 heavy (non-hydrogen) atoms. The van der Waals surface area contributed by atoms with Gasteiger partial charge in [-0.05, 0) is 112 Å². The van der Waals surface area contributed by atoms with E-state index in [2.05, 4.69) is 241 Å². The summed E-state index contributed by atoms with van der Waals surface area (Å²) in [4.78, 5) is 2.46. The van der Waals surface area contributed by atoms with Crippen molar-refractivity contribution < 1.29 is 0 Å². The SMILES string of the molecule is c1ccc(-c2cccc3cccc(-c4ccccc4N(c4cccc(-c5cccc6ccccc56)c4)c4cccc(-c5cccc6c5ccc5ccccc56)c4)c23)cc1. The Morgan fingerprint density at radius 2 is 0.712 bits per heavy atom. The highest BCUT2D eigenvalue weighted by Gasteiger charge is 2.21. The van der Waals surface area contributed by atoms with E-state index < -0.39 is 0 Å². The first-order valence-corrected chi connectivity index (χ1v) is 20.3. The quantitative estimate of drug-likeness (QED) is 0.147. The van der Waals surface area contributed by atoms with E-state index in [4.69, 9.17) is 0 Å². The Kier molecular flexibility index (Phi) is 8.56. The van der Waals surface area contributed by atoms with Crippen LogP contribution < -0.4 is 4.90 Å². The van der Waals surface area contributed by atoms with Crippen molar-refractivity contribution in [3.63, 3.8) is 0 Å². The van der Waals surface area contributed by atoms with Crippen molar-refractivity contribution in [3.05, 3.63) is 237 Å². The molecule has 0 atom stereocenters. The molecule has 11 rings (SSSR count). The van der Waals surface area contributed by atoms with Crippen LogP contribution in [0.2, 0.25) is 0 Å². The lowest BCUT2D eigenvalue weighted by Crippen LogP contribution is -2.11. The van der Waals surface area contributed by atoms with Gasteiger partial charge in [0.25, 0.3) is 0 Å². The largest absolute Gasteiger partial charge is 0.310 e. The van der Waals surface area contributed by atoms with E-state index in [1.54, 1.807) is 0 Å². The summed E-state index contributed by atoms with van der Waals surface area (Å²) in [5.41, 5.74) is 12.9. The molecule has 0 saturated heterocycles. The number of nitrogens with zero attached hydrogens (tertiary/aromatic N) is 1. The van der Waals surface area contributed by atoms with Gasteiger partial charge in [0.15, 0.2) is 0 Å². The summed E-state index contributed by atoms with van der Waals surface area (Å²) < 4.78 is 0. The van der Waals surface area contributed by atoms with Gasteiger partial charge in [-0.3, -0.25) is 0 Å². The first-order valence-electron chi connectivity index (χ1n) is 20.3. The Labute approximate surface area is 344 Å². The summed E-state index contributed by atoms with van der Waals surface area (Å²) in [5, 5.41) is 9.98. The van der Waals surface area contributed by atoms with E-state index in [0.29, 0.717) is 0 Å². The molecule has 0 unspecified atom stereocenters. The van der Waals surface area contributed by atoms with Crippen molar-refractivity contribution in [1.82, 2.24) is 0 Å². The van der Waals surface area contributed by atoms with Crippen molar-refractivity contribution in [2.45, 2.75) is 0 Å². The fourth-order valence-corrected chi connectivity index (χ4v) is 9.14. The molecule has 0 bridgehead atoms. The second kappa shape index (κ2) is 14.6. The van der Waals surface area contributed by atoms with Crippen molar-refractivity contribution in [3.8, 4) is 44.5 Å². The number of hydrogen-bond acceptors (Lipinski definition) is 1. The molecule has 0 saturated carbocycles. The summed E-state index contributed by atoms with van der Waals surface area (Å²) in [6, 6.07) is 86.4. The Morgan fingerprint density at radius 3 is 1.46 bits per heavy atom. The lowest BCUT2D eigenvalue weighted by atomic mass is 9.90. The van der Waals surface area contributed by atoms with E-state index in [1.807, 2.05) is 0 Å². The van der Waals surface area contributed by atoms with Crippen molar-refractivity contribution >= 4 is 60.2 Å². The van der Waals surface area contributed by atoms with Gasteiger partial charge in [0.1, 0.15) is 0 Å². The number of hydrogen-bond donors (Lipinski definition) is 0. The standard InChI is InChI=1S/C58H39N/c1-2-16-41(17-3-1)52-32-13-21-43-22-14-34-56(58(43)52)55-29-8-9-35-57(55)59(46-25-10-23-44(38-46)50-30-12-20-40-18-4-6-27-48(40)50)47-26-11-24-45(39-47)51-31-15-33-53-49-28-7-5-19-42(49)36-37-54(51)53/h1-39H. The molecule has 0 aromatic heterocycles. The maximum atomic E-state index is 2.46. The first-order chi connectivity index (χ1) is 29.3. The Bertz CT molecular complexity index is 3330. The van der Waals surface area contributed by atoms with Crippen LogP contribution in [-0.4, -0.2) is 0 Å². The summed E-state index contributed by atoms with van der Waals surface area (Å²) in [6.45, 7) is 0. The molecular formula is C58H39N. The molecule has 0 fully saturated rings. The van der Waals surface area contributed by atoms with Crippen LogP contribution in [0.4, 0.5) is 17.1 Å². The van der Waals surface area contributed by atoms with Crippen LogP contribution in [0.15, 0.2) is 237 Å². The number of rotatable bonds is 7. The minimum atomic E-state index is 1.09. The van der Waals surface area contributed by atoms with Crippen LogP contribution in [0.1, 0.15) is 0 Å². The minimum absolute atomic E-state index is 1.09. The molecule has 11 aromatic carbocycles. The summed E-state index contributed by atoms with van der Waals surface area (Å²) in [6.07, 6.45) is 0. The van der Waals surface area contributed by atoms with Gasteiger partial charge >= 0.3 is 0 Å². The highest BCUT2D eigenvalue weighted by Crippen LogP contribution is 2.46. The number of anilines is 3. The fourth-order valence-electron chi connectivity index (χ4n) is 9.14. The average molecular weight is 750 g/mol. The first kappa shape index (κ1) is 34.5. The molecule has 11 aromatic rings. The molecule has 276 valence electrons. The molecule has 0 N–H and O–H groups in total. The molecule has 0 spiro atoms. The van der Waals surface area contributed by atoms with Crippen molar-refractivity contribution in [1.29, 1.82) is 0 Å².